The van der Waals surface area contributed by atoms with Crippen molar-refractivity contribution >= 4 is 55.6 Å². The number of esters is 1. The summed E-state index contributed by atoms with van der Waals surface area (Å²) >= 11 is 0. The minimum Gasteiger partial charge on any atom is -0.480 e. The van der Waals surface area contributed by atoms with Gasteiger partial charge in [0.1, 0.15) is 41.6 Å². The molecular weight excluding hydrogens is 1490 g/mol. The molecule has 592 valence electrons. The van der Waals surface area contributed by atoms with E-state index in [4.69, 9.17) is 14.0 Å². The summed E-state index contributed by atoms with van der Waals surface area (Å²) in [4.78, 5) is 133. The number of alkyl halides is 8. The van der Waals surface area contributed by atoms with Gasteiger partial charge in [-0.3, -0.25) is 39.3 Å². The quantitative estimate of drug-likeness (QED) is 0.00622. The van der Waals surface area contributed by atoms with Crippen molar-refractivity contribution in [2.24, 2.45) is 10.8 Å². The topological polar surface area (TPSA) is 348 Å². The molecule has 0 aliphatic carbocycles. The molecule has 7 atom stereocenters. The monoisotopic (exact) mass is 1570 g/mol. The smallest absolute Gasteiger partial charge is 0.480 e. The number of benzene rings is 3. The number of anilines is 1. The Balaban J connectivity index is 1.16. The summed E-state index contributed by atoms with van der Waals surface area (Å²) in [5.74, 6) is -4.52. The molecule has 4 saturated heterocycles. The Morgan fingerprint density at radius 1 is 0.761 bits per heavy atom. The van der Waals surface area contributed by atoms with Gasteiger partial charge in [-0.25, -0.2) is 47.4 Å². The zero-order chi connectivity index (χ0) is 80.0. The number of hydrogen-bond donors (Lipinski definition) is 7. The molecule has 0 spiro atoms. The van der Waals surface area contributed by atoms with Crippen molar-refractivity contribution in [3.05, 3.63) is 124 Å². The van der Waals surface area contributed by atoms with E-state index in [1.165, 1.54) is 62.6 Å². The lowest BCUT2D eigenvalue weighted by atomic mass is 9.77. The molecule has 39 heteroatoms. The van der Waals surface area contributed by atoms with E-state index in [1.54, 1.807) is 5.32 Å². The van der Waals surface area contributed by atoms with E-state index in [1.807, 2.05) is 5.32 Å². The molecule has 5 amide bonds. The van der Waals surface area contributed by atoms with Crippen molar-refractivity contribution in [3.63, 3.8) is 0 Å². The summed E-state index contributed by atoms with van der Waals surface area (Å²) in [6, 6.07) is 3.50. The third kappa shape index (κ3) is 20.0. The van der Waals surface area contributed by atoms with Gasteiger partial charge in [-0.15, -0.1) is 0 Å². The van der Waals surface area contributed by atoms with E-state index in [2.05, 4.69) is 56.9 Å². The number of phosphoric ester groups is 1. The van der Waals surface area contributed by atoms with E-state index in [9.17, 15) is 52.2 Å². The van der Waals surface area contributed by atoms with E-state index in [0.717, 1.165) is 50.3 Å². The lowest BCUT2D eigenvalue weighted by molar-refractivity contribution is -0.221. The van der Waals surface area contributed by atoms with Crippen molar-refractivity contribution in [1.29, 1.82) is 0 Å². The molecule has 109 heavy (non-hydrogen) atoms. The highest BCUT2D eigenvalue weighted by molar-refractivity contribution is 7.46. The Kier molecular flexibility index (Phi) is 25.8. The molecule has 4 aliphatic heterocycles. The van der Waals surface area contributed by atoms with Crippen LogP contribution in [0.2, 0.25) is 0 Å². The molecule has 2 unspecified atom stereocenters. The van der Waals surface area contributed by atoms with Gasteiger partial charge < -0.3 is 54.3 Å². The van der Waals surface area contributed by atoms with Crippen molar-refractivity contribution in [2.45, 2.75) is 166 Å². The number of phosphoric acid groups is 1. The number of methoxy groups -OCH3 is 2. The number of halogens is 10. The summed E-state index contributed by atoms with van der Waals surface area (Å²) in [5.41, 5.74) is -8.00. The number of aromatic nitrogens is 4. The van der Waals surface area contributed by atoms with Crippen molar-refractivity contribution in [3.8, 4) is 28.8 Å². The van der Waals surface area contributed by atoms with Gasteiger partial charge in [-0.1, -0.05) is 50.0 Å². The van der Waals surface area contributed by atoms with Gasteiger partial charge in [-0.05, 0) is 107 Å². The van der Waals surface area contributed by atoms with E-state index < -0.39 is 182 Å². The van der Waals surface area contributed by atoms with Gasteiger partial charge in [-0.2, -0.15) is 40.2 Å². The highest BCUT2D eigenvalue weighted by Gasteiger charge is 2.58. The number of fused-ring (bicyclic) bond motifs is 2. The molecule has 2 bridgehead atoms. The maximum atomic E-state index is 16.9. The van der Waals surface area contributed by atoms with Gasteiger partial charge in [0.2, 0.25) is 17.8 Å². The molecule has 2 aromatic heterocycles. The Morgan fingerprint density at radius 2 is 1.34 bits per heavy atom. The number of rotatable bonds is 28. The summed E-state index contributed by atoms with van der Waals surface area (Å²) in [6.45, 7) is 1.33. The van der Waals surface area contributed by atoms with Crippen LogP contribution in [0.3, 0.4) is 0 Å². The maximum Gasteiger partial charge on any atom is 0.524 e. The molecule has 9 rings (SSSR count). The Hall–Kier alpha value is -9.67. The average molecular weight is 1570 g/mol. The lowest BCUT2D eigenvalue weighted by Gasteiger charge is -2.47. The average Bonchev–Trinajstić information content (AvgIpc) is 1.40. The normalized spacial score (nSPS) is 18.3. The molecule has 4 aliphatic rings. The number of aliphatic carboxylic acids is 1. The SMILES string of the molecule is COC(=O)N[C@H](C(=O)N[C@@H](Cc1ccc(C#Cc2cnc(N3CC4CCC(C3)N4C3COC3)nc2)cc1)[C@H](CN(Cc1c(F)cc(-c2ccn(C(F)F)n2)cc1F)NC(=O)[C@@H](NC(=O)OC)C(C)(C)C(F)(F)F)OC(=O)CC(C)(C)c1c(CC(=O)N2CCC[C@H]2C(=O)O)cccc1OP(=O)(O)O)C(C)(C)C(F)(F)F. The number of ether oxygens (including phenoxy) is 4. The fourth-order valence-electron chi connectivity index (χ4n) is 13.6. The molecule has 6 heterocycles. The molecule has 4 fully saturated rings. The second kappa shape index (κ2) is 33.7. The molecule has 0 saturated carbocycles. The zero-order valence-electron chi connectivity index (χ0n) is 60.1. The van der Waals surface area contributed by atoms with Gasteiger partial charge in [0, 0.05) is 84.5 Å². The zero-order valence-corrected chi connectivity index (χ0v) is 60.9. The van der Waals surface area contributed by atoms with Crippen LogP contribution in [-0.4, -0.2) is 206 Å². The van der Waals surface area contributed by atoms with Crippen LogP contribution < -0.4 is 30.8 Å². The molecule has 28 nitrogen and oxygen atoms in total. The second-order valence-electron chi connectivity index (χ2n) is 28.5. The third-order valence-corrected chi connectivity index (χ3v) is 20.1. The predicted octanol–water partition coefficient (Wildman–Crippen LogP) is 8.02. The first-order valence-electron chi connectivity index (χ1n) is 34.1. The van der Waals surface area contributed by atoms with Gasteiger partial charge in [0.05, 0.1) is 81.0 Å². The summed E-state index contributed by atoms with van der Waals surface area (Å²) < 4.78 is 191. The number of alkyl carbamates (subject to hydrolysis) is 2. The summed E-state index contributed by atoms with van der Waals surface area (Å²) in [6.07, 6.45) is -12.6. The molecule has 3 aromatic carbocycles. The number of nitrogens with one attached hydrogen (secondary N) is 4. The minimum atomic E-state index is -5.56. The second-order valence-corrected chi connectivity index (χ2v) is 29.7. The number of likely N-dealkylation sites (tertiary alicyclic amines) is 1. The maximum absolute atomic E-state index is 16.9. The van der Waals surface area contributed by atoms with Crippen LogP contribution >= 0.6 is 7.82 Å². The molecular formula is C70H81F10N12O16P. The largest absolute Gasteiger partial charge is 0.524 e. The fraction of sp³-hybridized carbons (Fsp3) is 0.514. The van der Waals surface area contributed by atoms with Gasteiger partial charge in [0.15, 0.2) is 0 Å². The Labute approximate surface area is 618 Å². The van der Waals surface area contributed by atoms with Crippen LogP contribution in [-0.2, 0) is 72.3 Å². The highest BCUT2D eigenvalue weighted by Crippen LogP contribution is 2.47. The number of nitrogens with zero attached hydrogens (tertiary/aromatic N) is 8. The first kappa shape index (κ1) is 83.4. The summed E-state index contributed by atoms with van der Waals surface area (Å²) in [5, 5.41) is 20.0. The van der Waals surface area contributed by atoms with Crippen LogP contribution in [0.5, 0.6) is 5.75 Å². The number of carbonyl (C=O) groups is 7. The fourth-order valence-corrected chi connectivity index (χ4v) is 14.0. The van der Waals surface area contributed by atoms with E-state index >= 15 is 44.7 Å². The lowest BCUT2D eigenvalue weighted by Crippen LogP contribution is -2.64. The van der Waals surface area contributed by atoms with Crippen molar-refractivity contribution in [1.82, 2.24) is 55.9 Å². The van der Waals surface area contributed by atoms with Crippen LogP contribution in [0.25, 0.3) is 11.3 Å². The summed E-state index contributed by atoms with van der Waals surface area (Å²) in [7, 11) is -4.09. The number of hydrogen-bond acceptors (Lipinski definition) is 19. The molecule has 7 N–H and O–H groups in total. The Morgan fingerprint density at radius 3 is 1.86 bits per heavy atom. The van der Waals surface area contributed by atoms with Crippen LogP contribution in [0.4, 0.5) is 59.4 Å². The number of carboxylic acids is 1. The third-order valence-electron chi connectivity index (χ3n) is 19.7. The van der Waals surface area contributed by atoms with Crippen LogP contribution in [0.1, 0.15) is 114 Å². The highest BCUT2D eigenvalue weighted by atomic mass is 31.2. The molecule has 0 radical (unpaired) electrons. The number of carboxylic acid groups (broad SMARTS) is 1. The van der Waals surface area contributed by atoms with E-state index in [-0.39, 0.29) is 40.8 Å². The standard InChI is InChI=1S/C70H81F10N12O16P/c1-66(2,56-41(11-9-13-52(56)108-109(101,102)103)28-54(93)90-23-10-12-51(90)61(97)98)29-55(94)107-53(35-89(87-60(96)58(85-65(100)105-8)68(5,6)70(78,79)80)34-46-47(71)26-42(27-48(46)72)49-22-24-91(86-49)62(73)74)50(83-59(95)57(84-64(99)104-7)67(3,4)69(75,76)77)25-39-17-14-38(15-18-39)16-19-40-30-81-63(82-31-40)88-32-43-20-21-44(33-88)92(43)45-36-106-37-45/h9,11,13-15,17-18,22,24,26-27,30-31,43-45,50-51,53,57-58,62H,10,12,20-21,23,25,28-29,32-37H2,1-8H3,(H,83,95)(H,84,99)(H,85,100)(H,87,96)(H,97,98)(H2,101,102,103)/t43?,44?,50-,51-,53-,57+,58+/m0/s1. The van der Waals surface area contributed by atoms with Crippen LogP contribution in [0, 0.1) is 34.3 Å². The minimum absolute atomic E-state index is 0.0217. The van der Waals surface area contributed by atoms with Gasteiger partial charge in [0.25, 0.3) is 5.91 Å². The Bertz CT molecular complexity index is 4250. The van der Waals surface area contributed by atoms with Crippen molar-refractivity contribution in [2.75, 3.05) is 58.5 Å². The van der Waals surface area contributed by atoms with Crippen LogP contribution in [0.15, 0.2) is 79.3 Å². The first-order valence-corrected chi connectivity index (χ1v) is 35.6. The number of carbonyl (C=O) groups excluding carboxylic acids is 6. The predicted molar refractivity (Wildman–Crippen MR) is 364 cm³/mol. The van der Waals surface area contributed by atoms with Crippen molar-refractivity contribution < 1.29 is 120 Å². The number of piperazine rings is 1. The first-order chi connectivity index (χ1) is 51.0. The van der Waals surface area contributed by atoms with Gasteiger partial charge >= 0.3 is 50.8 Å². The number of hydrazine groups is 1. The number of amides is 5. The van der Waals surface area contributed by atoms with E-state index in [0.29, 0.717) is 106 Å². The molecule has 5 aromatic rings.